The van der Waals surface area contributed by atoms with Gasteiger partial charge in [-0.25, -0.2) is 4.98 Å². The number of pyridine rings is 2. The Kier molecular flexibility index (Phi) is 4.21. The molecule has 1 N–H and O–H groups in total. The van der Waals surface area contributed by atoms with Crippen LogP contribution < -0.4 is 5.32 Å². The van der Waals surface area contributed by atoms with Gasteiger partial charge in [0.05, 0.1) is 11.1 Å². The van der Waals surface area contributed by atoms with Crippen molar-refractivity contribution in [1.29, 1.82) is 0 Å². The molecule has 25 heavy (non-hydrogen) atoms. The number of hydrogen-bond acceptors (Lipinski definition) is 6. The van der Waals surface area contributed by atoms with Crippen molar-refractivity contribution in [1.82, 2.24) is 20.2 Å². The molecule has 4 aromatic rings. The van der Waals surface area contributed by atoms with E-state index in [0.29, 0.717) is 15.3 Å². The summed E-state index contributed by atoms with van der Waals surface area (Å²) in [7, 11) is 0. The van der Waals surface area contributed by atoms with Gasteiger partial charge in [0.25, 0.3) is 5.91 Å². The highest BCUT2D eigenvalue weighted by Gasteiger charge is 2.15. The fraction of sp³-hybridized carbons (Fsp3) is 0. The maximum Gasteiger partial charge on any atom is 0.258 e. The van der Waals surface area contributed by atoms with Gasteiger partial charge < -0.3 is 0 Å². The zero-order valence-electron chi connectivity index (χ0n) is 12.7. The second kappa shape index (κ2) is 6.66. The van der Waals surface area contributed by atoms with E-state index in [1.54, 1.807) is 18.5 Å². The Morgan fingerprint density at radius 3 is 2.72 bits per heavy atom. The fourth-order valence-corrected chi connectivity index (χ4v) is 3.54. The number of para-hydroxylation sites is 1. The van der Waals surface area contributed by atoms with Gasteiger partial charge in [0, 0.05) is 23.3 Å². The van der Waals surface area contributed by atoms with Crippen molar-refractivity contribution in [2.75, 3.05) is 5.32 Å². The zero-order valence-corrected chi connectivity index (χ0v) is 15.1. The van der Waals surface area contributed by atoms with E-state index in [1.807, 2.05) is 36.4 Å². The average molecular weight is 412 g/mol. The predicted octanol–water partition coefficient (Wildman–Crippen LogP) is 4.16. The Morgan fingerprint density at radius 2 is 1.88 bits per heavy atom. The average Bonchev–Trinajstić information content (AvgIpc) is 3.10. The minimum Gasteiger partial charge on any atom is -0.296 e. The SMILES string of the molecule is O=C(Nc1nnc(-c2ccncc2)s1)c1cc(Br)nc2ccccc12. The van der Waals surface area contributed by atoms with Crippen LogP contribution in [0.15, 0.2) is 59.5 Å². The highest BCUT2D eigenvalue weighted by atomic mass is 79.9. The molecule has 0 saturated carbocycles. The molecule has 0 unspecified atom stereocenters. The molecule has 3 aromatic heterocycles. The number of hydrogen-bond donors (Lipinski definition) is 1. The summed E-state index contributed by atoms with van der Waals surface area (Å²) < 4.78 is 0.603. The van der Waals surface area contributed by atoms with Gasteiger partial charge in [0.2, 0.25) is 5.13 Å². The van der Waals surface area contributed by atoms with E-state index >= 15 is 0 Å². The molecule has 1 amide bonds. The van der Waals surface area contributed by atoms with Gasteiger partial charge in [-0.1, -0.05) is 29.5 Å². The van der Waals surface area contributed by atoms with Crippen molar-refractivity contribution in [3.05, 3.63) is 65.0 Å². The molecule has 0 atom stereocenters. The quantitative estimate of drug-likeness (QED) is 0.511. The standard InChI is InChI=1S/C17H10BrN5OS/c18-14-9-12(11-3-1-2-4-13(11)20-14)15(24)21-17-23-22-16(25-17)10-5-7-19-8-6-10/h1-9H,(H,21,23,24). The van der Waals surface area contributed by atoms with Gasteiger partial charge in [0.15, 0.2) is 0 Å². The van der Waals surface area contributed by atoms with Gasteiger partial charge in [-0.3, -0.25) is 15.1 Å². The van der Waals surface area contributed by atoms with Crippen molar-refractivity contribution in [3.8, 4) is 10.6 Å². The van der Waals surface area contributed by atoms with Crippen LogP contribution in [0.5, 0.6) is 0 Å². The van der Waals surface area contributed by atoms with Gasteiger partial charge >= 0.3 is 0 Å². The Labute approximate surface area is 155 Å². The molecule has 1 aromatic carbocycles. The second-order valence-electron chi connectivity index (χ2n) is 5.11. The number of carbonyl (C=O) groups excluding carboxylic acids is 1. The molecular formula is C17H10BrN5OS. The maximum atomic E-state index is 12.7. The number of nitrogens with zero attached hydrogens (tertiary/aromatic N) is 4. The topological polar surface area (TPSA) is 80.7 Å². The lowest BCUT2D eigenvalue weighted by molar-refractivity contribution is 0.102. The van der Waals surface area contributed by atoms with E-state index in [-0.39, 0.29) is 5.91 Å². The van der Waals surface area contributed by atoms with E-state index in [2.05, 4.69) is 41.4 Å². The Hall–Kier alpha value is -2.71. The van der Waals surface area contributed by atoms with Gasteiger partial charge in [0.1, 0.15) is 9.61 Å². The number of aromatic nitrogens is 4. The first kappa shape index (κ1) is 15.8. The molecule has 0 aliphatic heterocycles. The summed E-state index contributed by atoms with van der Waals surface area (Å²) in [6, 6.07) is 12.9. The third-order valence-electron chi connectivity index (χ3n) is 3.50. The van der Waals surface area contributed by atoms with Gasteiger partial charge in [-0.2, -0.15) is 0 Å². The molecule has 0 saturated heterocycles. The molecule has 6 nitrogen and oxygen atoms in total. The molecule has 4 rings (SSSR count). The van der Waals surface area contributed by atoms with Crippen molar-refractivity contribution >= 4 is 49.2 Å². The van der Waals surface area contributed by atoms with E-state index in [9.17, 15) is 4.79 Å². The number of rotatable bonds is 3. The van der Waals surface area contributed by atoms with Crippen LogP contribution in [0.3, 0.4) is 0 Å². The molecule has 0 fully saturated rings. The molecule has 8 heteroatoms. The zero-order chi connectivity index (χ0) is 17.2. The number of carbonyl (C=O) groups is 1. The third-order valence-corrected chi connectivity index (χ3v) is 4.80. The van der Waals surface area contributed by atoms with Crippen molar-refractivity contribution in [2.24, 2.45) is 0 Å². The predicted molar refractivity (Wildman–Crippen MR) is 101 cm³/mol. The molecule has 0 spiro atoms. The van der Waals surface area contributed by atoms with Crippen LogP contribution in [-0.2, 0) is 0 Å². The van der Waals surface area contributed by atoms with Gasteiger partial charge in [-0.15, -0.1) is 10.2 Å². The molecule has 0 aliphatic rings. The van der Waals surface area contributed by atoms with Crippen LogP contribution in [-0.4, -0.2) is 26.1 Å². The summed E-state index contributed by atoms with van der Waals surface area (Å²) in [6.07, 6.45) is 3.38. The number of nitrogens with one attached hydrogen (secondary N) is 1. The number of halogens is 1. The molecule has 0 radical (unpaired) electrons. The van der Waals surface area contributed by atoms with E-state index in [4.69, 9.17) is 0 Å². The van der Waals surface area contributed by atoms with E-state index < -0.39 is 0 Å². The van der Waals surface area contributed by atoms with Crippen LogP contribution in [0.4, 0.5) is 5.13 Å². The minimum absolute atomic E-state index is 0.253. The summed E-state index contributed by atoms with van der Waals surface area (Å²) in [4.78, 5) is 21.0. The lowest BCUT2D eigenvalue weighted by atomic mass is 10.1. The van der Waals surface area contributed by atoms with Crippen LogP contribution in [0, 0.1) is 0 Å². The lowest BCUT2D eigenvalue weighted by Crippen LogP contribution is -2.12. The van der Waals surface area contributed by atoms with Crippen LogP contribution in [0.1, 0.15) is 10.4 Å². The minimum atomic E-state index is -0.253. The Morgan fingerprint density at radius 1 is 1.08 bits per heavy atom. The van der Waals surface area contributed by atoms with Crippen molar-refractivity contribution in [3.63, 3.8) is 0 Å². The third kappa shape index (κ3) is 3.26. The number of benzene rings is 1. The molecular weight excluding hydrogens is 402 g/mol. The highest BCUT2D eigenvalue weighted by molar-refractivity contribution is 9.10. The van der Waals surface area contributed by atoms with Gasteiger partial charge in [-0.05, 0) is 40.2 Å². The fourth-order valence-electron chi connectivity index (χ4n) is 2.38. The van der Waals surface area contributed by atoms with E-state index in [0.717, 1.165) is 21.5 Å². The van der Waals surface area contributed by atoms with E-state index in [1.165, 1.54) is 11.3 Å². The van der Waals surface area contributed by atoms with Crippen molar-refractivity contribution < 1.29 is 4.79 Å². The smallest absolute Gasteiger partial charge is 0.258 e. The Bertz CT molecular complexity index is 1070. The monoisotopic (exact) mass is 411 g/mol. The summed E-state index contributed by atoms with van der Waals surface area (Å²) >= 11 is 4.66. The summed E-state index contributed by atoms with van der Waals surface area (Å²) in [5.74, 6) is -0.253. The highest BCUT2D eigenvalue weighted by Crippen LogP contribution is 2.27. The first-order chi connectivity index (χ1) is 12.2. The first-order valence-corrected chi connectivity index (χ1v) is 8.92. The number of amides is 1. The molecule has 3 heterocycles. The second-order valence-corrected chi connectivity index (χ2v) is 6.90. The number of fused-ring (bicyclic) bond motifs is 1. The Balaban J connectivity index is 1.64. The molecule has 0 bridgehead atoms. The largest absolute Gasteiger partial charge is 0.296 e. The lowest BCUT2D eigenvalue weighted by Gasteiger charge is -2.06. The summed E-state index contributed by atoms with van der Waals surface area (Å²) in [5.41, 5.74) is 2.18. The number of anilines is 1. The van der Waals surface area contributed by atoms with Crippen LogP contribution in [0.2, 0.25) is 0 Å². The summed E-state index contributed by atoms with van der Waals surface area (Å²) in [5, 5.41) is 12.9. The van der Waals surface area contributed by atoms with Crippen LogP contribution in [0.25, 0.3) is 21.5 Å². The first-order valence-electron chi connectivity index (χ1n) is 7.31. The summed E-state index contributed by atoms with van der Waals surface area (Å²) in [6.45, 7) is 0. The van der Waals surface area contributed by atoms with Crippen molar-refractivity contribution in [2.45, 2.75) is 0 Å². The van der Waals surface area contributed by atoms with Crippen LogP contribution >= 0.6 is 27.3 Å². The molecule has 0 aliphatic carbocycles. The maximum absolute atomic E-state index is 12.7. The normalized spacial score (nSPS) is 10.8. The molecule has 122 valence electrons.